The van der Waals surface area contributed by atoms with Crippen LogP contribution >= 0.6 is 0 Å². The summed E-state index contributed by atoms with van der Waals surface area (Å²) in [5.74, 6) is -5.25. The summed E-state index contributed by atoms with van der Waals surface area (Å²) >= 11 is 0. The van der Waals surface area contributed by atoms with Crippen molar-refractivity contribution in [2.45, 2.75) is 96.5 Å². The molecule has 0 saturated heterocycles. The van der Waals surface area contributed by atoms with E-state index in [-0.39, 0.29) is 54.6 Å². The minimum absolute atomic E-state index is 0. The van der Waals surface area contributed by atoms with E-state index in [1.54, 1.807) is 0 Å². The van der Waals surface area contributed by atoms with Crippen molar-refractivity contribution >= 4 is 28.0 Å². The molecule has 0 aliphatic heterocycles. The van der Waals surface area contributed by atoms with Gasteiger partial charge in [0, 0.05) is 0 Å². The van der Waals surface area contributed by atoms with Gasteiger partial charge in [-0.25, -0.2) is 13.2 Å². The molecule has 40 heavy (non-hydrogen) atoms. The predicted molar refractivity (Wildman–Crippen MR) is 152 cm³/mol. The van der Waals surface area contributed by atoms with E-state index in [2.05, 4.69) is 57.4 Å². The normalized spacial score (nSPS) is 12.6. The van der Waals surface area contributed by atoms with Gasteiger partial charge in [-0.2, -0.15) is 0 Å². The SMILES string of the molecule is C=C.C=C.CCCCC(CC)COC(=O)CC(C(=O)OCC(CC)CCCC)S(=O)(=O)[O-].NC(N)(N)C(=O)O.[Na+]. The number of rotatable bonds is 17. The summed E-state index contributed by atoms with van der Waals surface area (Å²) in [5, 5.41) is 5.82. The monoisotopic (exact) mass is 605 g/mol. The van der Waals surface area contributed by atoms with E-state index >= 15 is 0 Å². The quantitative estimate of drug-likeness (QED) is 0.0566. The number of ether oxygens (including phenoxy) is 2. The maximum absolute atomic E-state index is 12.1. The average molecular weight is 606 g/mol. The molecule has 0 aromatic rings. The molecule has 0 aliphatic carbocycles. The number of carboxylic acid groups (broad SMARTS) is 1. The molecule has 0 bridgehead atoms. The van der Waals surface area contributed by atoms with Crippen molar-refractivity contribution in [3.05, 3.63) is 26.3 Å². The number of carbonyl (C=O) groups excluding carboxylic acids is 2. The smallest absolute Gasteiger partial charge is 0.747 e. The first-order valence-electron chi connectivity index (χ1n) is 13.0. The fourth-order valence-corrected chi connectivity index (χ4v) is 3.46. The number of aliphatic carboxylic acids is 1. The molecule has 3 unspecified atom stereocenters. The van der Waals surface area contributed by atoms with Crippen LogP contribution in [-0.4, -0.2) is 60.2 Å². The first-order chi connectivity index (χ1) is 18.1. The molecule has 7 N–H and O–H groups in total. The van der Waals surface area contributed by atoms with Crippen molar-refractivity contribution in [2.75, 3.05) is 13.2 Å². The molecular formula is C26H52N3NaO9S. The third kappa shape index (κ3) is 28.2. The Morgan fingerprint density at radius 2 is 1.20 bits per heavy atom. The van der Waals surface area contributed by atoms with E-state index in [1.807, 2.05) is 13.8 Å². The first kappa shape index (κ1) is 48.4. The summed E-state index contributed by atoms with van der Waals surface area (Å²) in [5.41, 5.74) is 13.9. The van der Waals surface area contributed by atoms with E-state index in [0.29, 0.717) is 0 Å². The van der Waals surface area contributed by atoms with Crippen molar-refractivity contribution in [1.29, 1.82) is 0 Å². The molecule has 0 aromatic carbocycles. The van der Waals surface area contributed by atoms with Gasteiger partial charge < -0.3 is 19.1 Å². The summed E-state index contributed by atoms with van der Waals surface area (Å²) in [6.45, 7) is 20.3. The van der Waals surface area contributed by atoms with Crippen LogP contribution in [0.5, 0.6) is 0 Å². The molecule has 232 valence electrons. The van der Waals surface area contributed by atoms with Crippen LogP contribution in [0.25, 0.3) is 0 Å². The minimum atomic E-state index is -5.01. The fraction of sp³-hybridized carbons (Fsp3) is 0.731. The molecule has 0 saturated carbocycles. The molecule has 0 heterocycles. The average Bonchev–Trinajstić information content (AvgIpc) is 2.88. The molecular weight excluding hydrogens is 553 g/mol. The number of esters is 2. The fourth-order valence-electron chi connectivity index (χ4n) is 2.81. The Morgan fingerprint density at radius 3 is 1.48 bits per heavy atom. The molecule has 0 radical (unpaired) electrons. The molecule has 0 aromatic heterocycles. The number of hydrogen-bond acceptors (Lipinski definition) is 11. The van der Waals surface area contributed by atoms with E-state index in [9.17, 15) is 27.4 Å². The summed E-state index contributed by atoms with van der Waals surface area (Å²) in [6, 6.07) is 0. The van der Waals surface area contributed by atoms with Crippen LogP contribution in [0.15, 0.2) is 26.3 Å². The maximum Gasteiger partial charge on any atom is 1.00 e. The van der Waals surface area contributed by atoms with Crippen LogP contribution in [-0.2, 0) is 34.0 Å². The topological polar surface area (TPSA) is 225 Å². The van der Waals surface area contributed by atoms with Gasteiger partial charge in [0.1, 0.15) is 10.1 Å². The zero-order valence-corrected chi connectivity index (χ0v) is 28.0. The van der Waals surface area contributed by atoms with Crippen molar-refractivity contribution < 1.29 is 71.5 Å². The largest absolute Gasteiger partial charge is 1.00 e. The molecule has 0 amide bonds. The summed E-state index contributed by atoms with van der Waals surface area (Å²) in [7, 11) is -5.01. The summed E-state index contributed by atoms with van der Waals surface area (Å²) < 4.78 is 44.6. The minimum Gasteiger partial charge on any atom is -0.747 e. The zero-order chi connectivity index (χ0) is 31.7. The predicted octanol–water partition coefficient (Wildman–Crippen LogP) is 0.0188. The van der Waals surface area contributed by atoms with Gasteiger partial charge in [0.25, 0.3) is 0 Å². The number of carbonyl (C=O) groups is 3. The summed E-state index contributed by atoms with van der Waals surface area (Å²) in [4.78, 5) is 33.8. The van der Waals surface area contributed by atoms with Gasteiger partial charge in [-0.3, -0.25) is 26.8 Å². The Morgan fingerprint density at radius 1 is 0.850 bits per heavy atom. The number of nitrogens with two attached hydrogens (primary N) is 3. The van der Waals surface area contributed by atoms with Crippen LogP contribution in [0.4, 0.5) is 0 Å². The zero-order valence-electron chi connectivity index (χ0n) is 25.2. The van der Waals surface area contributed by atoms with Crippen molar-refractivity contribution in [3.63, 3.8) is 0 Å². The van der Waals surface area contributed by atoms with Gasteiger partial charge in [0.15, 0.2) is 5.25 Å². The Hall–Kier alpha value is -1.32. The van der Waals surface area contributed by atoms with Gasteiger partial charge in [-0.05, 0) is 24.7 Å². The van der Waals surface area contributed by atoms with Gasteiger partial charge >= 0.3 is 47.5 Å². The van der Waals surface area contributed by atoms with E-state index in [1.165, 1.54) is 0 Å². The molecule has 0 aliphatic rings. The van der Waals surface area contributed by atoms with Crippen molar-refractivity contribution in [1.82, 2.24) is 0 Å². The van der Waals surface area contributed by atoms with Crippen LogP contribution in [0.1, 0.15) is 85.5 Å². The summed E-state index contributed by atoms with van der Waals surface area (Å²) in [6.07, 6.45) is 6.58. The Labute approximate surface area is 263 Å². The van der Waals surface area contributed by atoms with Crippen LogP contribution in [0.3, 0.4) is 0 Å². The van der Waals surface area contributed by atoms with Gasteiger partial charge in [-0.1, -0.05) is 66.2 Å². The molecule has 14 heteroatoms. The molecule has 0 fully saturated rings. The molecule has 3 atom stereocenters. The third-order valence-corrected chi connectivity index (χ3v) is 6.42. The molecule has 12 nitrogen and oxygen atoms in total. The van der Waals surface area contributed by atoms with E-state index in [4.69, 9.17) is 14.6 Å². The number of carboxylic acids is 1. The maximum atomic E-state index is 12.1. The van der Waals surface area contributed by atoms with E-state index < -0.39 is 45.5 Å². The van der Waals surface area contributed by atoms with E-state index in [0.717, 1.165) is 51.4 Å². The molecule has 0 spiro atoms. The van der Waals surface area contributed by atoms with Crippen LogP contribution in [0, 0.1) is 11.8 Å². The van der Waals surface area contributed by atoms with Crippen molar-refractivity contribution in [2.24, 2.45) is 29.0 Å². The second-order valence-corrected chi connectivity index (χ2v) is 10.1. The Balaban J connectivity index is -0.000000290. The Kier molecular flexibility index (Phi) is 35.3. The van der Waals surface area contributed by atoms with Gasteiger partial charge in [0.05, 0.1) is 19.6 Å². The number of unbranched alkanes of at least 4 members (excludes halogenated alkanes) is 2. The third-order valence-electron chi connectivity index (χ3n) is 5.36. The Bertz CT molecular complexity index is 761. The van der Waals surface area contributed by atoms with Crippen molar-refractivity contribution in [3.8, 4) is 0 Å². The second kappa shape index (κ2) is 29.2. The van der Waals surface area contributed by atoms with Gasteiger partial charge in [0.2, 0.25) is 5.79 Å². The standard InChI is InChI=1S/C20H38O7S.C2H7N3O2.2C2H4.Na/c1-5-9-11-16(7-3)14-26-19(21)13-18(28(23,24)25)20(22)27-15-17(8-4)12-10-6-2;3-2(4,5)1(6)7;2*1-2;/h16-18H,5-15H2,1-4H3,(H,23,24,25);3-5H2,(H,6,7);2*1-2H2;/q;;;;+1/p-1. The van der Waals surface area contributed by atoms with Crippen LogP contribution in [0.2, 0.25) is 0 Å². The molecule has 0 rings (SSSR count). The first-order valence-corrected chi connectivity index (χ1v) is 14.5. The number of hydrogen-bond donors (Lipinski definition) is 4. The second-order valence-electron chi connectivity index (χ2n) is 8.57. The van der Waals surface area contributed by atoms with Crippen LogP contribution < -0.4 is 46.8 Å². The van der Waals surface area contributed by atoms with Gasteiger partial charge in [-0.15, -0.1) is 26.3 Å².